The van der Waals surface area contributed by atoms with Crippen LogP contribution in [0.25, 0.3) is 0 Å². The molecule has 0 spiro atoms. The van der Waals surface area contributed by atoms with Gasteiger partial charge in [-0.25, -0.2) is 0 Å². The maximum absolute atomic E-state index is 7.26. The summed E-state index contributed by atoms with van der Waals surface area (Å²) in [7, 11) is -5.55. The molecule has 0 N–H and O–H groups in total. The molecule has 0 heterocycles. The highest BCUT2D eigenvalue weighted by molar-refractivity contribution is 6.99. The molecule has 31 heavy (non-hydrogen) atoms. The van der Waals surface area contributed by atoms with Crippen LogP contribution < -0.4 is 20.7 Å². The number of hydrogen-bond donors (Lipinski definition) is 0. The topological polar surface area (TPSA) is 18.5 Å². The Morgan fingerprint density at radius 3 is 1.58 bits per heavy atom. The highest BCUT2D eigenvalue weighted by Crippen LogP contribution is 2.13. The Morgan fingerprint density at radius 1 is 0.645 bits per heavy atom. The Balaban J connectivity index is 1.80. The van der Waals surface area contributed by atoms with Crippen molar-refractivity contribution in [2.24, 2.45) is 0 Å². The fourth-order valence-corrected chi connectivity index (χ4v) is 14.6. The molecule has 0 aliphatic heterocycles. The highest BCUT2D eigenvalue weighted by Gasteiger charge is 2.44. The molecule has 0 fully saturated rings. The van der Waals surface area contributed by atoms with E-state index >= 15 is 0 Å². The van der Waals surface area contributed by atoms with Crippen LogP contribution in [0.1, 0.15) is 6.92 Å². The molecule has 1 unspecified atom stereocenters. The van der Waals surface area contributed by atoms with Crippen molar-refractivity contribution in [1.82, 2.24) is 0 Å². The maximum Gasteiger partial charge on any atom is 0.386 e. The van der Waals surface area contributed by atoms with Crippen LogP contribution in [0.2, 0.25) is 6.04 Å². The van der Waals surface area contributed by atoms with E-state index in [-0.39, 0.29) is 0 Å². The fourth-order valence-electron chi connectivity index (χ4n) is 3.83. The largest absolute Gasteiger partial charge is 0.431 e. The minimum Gasteiger partial charge on any atom is -0.431 e. The predicted octanol–water partition coefficient (Wildman–Crippen LogP) is 2.34. The van der Waals surface area contributed by atoms with Crippen LogP contribution in [0.15, 0.2) is 121 Å². The third-order valence-corrected chi connectivity index (χ3v) is 15.0. The molecule has 0 amide bonds. The molecule has 2 nitrogen and oxygen atoms in total. The van der Waals surface area contributed by atoms with Crippen molar-refractivity contribution in [3.63, 3.8) is 0 Å². The summed E-state index contributed by atoms with van der Waals surface area (Å²) < 4.78 is 14.3. The van der Waals surface area contributed by atoms with Crippen molar-refractivity contribution in [3.05, 3.63) is 121 Å². The van der Waals surface area contributed by atoms with Gasteiger partial charge in [-0.1, -0.05) is 128 Å². The lowest BCUT2D eigenvalue weighted by Gasteiger charge is -2.35. The summed E-state index contributed by atoms with van der Waals surface area (Å²) in [6, 6.07) is 43.6. The highest BCUT2D eigenvalue weighted by atomic mass is 28.4. The fraction of sp³-hybridized carbons (Fsp3) is 0.0769. The van der Waals surface area contributed by atoms with E-state index in [1.54, 1.807) is 0 Å². The normalized spacial score (nSPS) is 12.8. The van der Waals surface area contributed by atoms with Crippen LogP contribution in [-0.4, -0.2) is 27.4 Å². The Morgan fingerprint density at radius 2 is 1.10 bits per heavy atom. The first-order valence-corrected chi connectivity index (χ1v) is 15.8. The quantitative estimate of drug-likeness (QED) is 0.360. The van der Waals surface area contributed by atoms with Crippen LogP contribution in [0.5, 0.6) is 0 Å². The van der Waals surface area contributed by atoms with E-state index in [1.165, 1.54) is 20.7 Å². The van der Waals surface area contributed by atoms with Gasteiger partial charge in [-0.15, -0.1) is 0 Å². The third kappa shape index (κ3) is 5.20. The molecule has 0 aliphatic rings. The van der Waals surface area contributed by atoms with Gasteiger partial charge in [0.15, 0.2) is 18.8 Å². The number of hydrogen-bond acceptors (Lipinski definition) is 2. The Hall–Kier alpha value is -2.55. The van der Waals surface area contributed by atoms with Crippen LogP contribution in [0.4, 0.5) is 0 Å². The Bertz CT molecular complexity index is 1010. The van der Waals surface area contributed by atoms with Crippen molar-refractivity contribution in [2.75, 3.05) is 0 Å². The van der Waals surface area contributed by atoms with Crippen molar-refractivity contribution >= 4 is 48.1 Å². The van der Waals surface area contributed by atoms with Crippen LogP contribution in [0, 0.1) is 0 Å². The molecule has 0 saturated heterocycles. The van der Waals surface area contributed by atoms with Gasteiger partial charge in [-0.3, -0.25) is 0 Å². The second-order valence-corrected chi connectivity index (χ2v) is 15.6. The second-order valence-electron chi connectivity index (χ2n) is 7.55. The SMILES string of the molecule is CC[SiH](O[Si](O[SiH2]c1ccccc1)(c1ccccc1)c1ccccc1)c1ccccc1. The molecule has 4 rings (SSSR count). The van der Waals surface area contributed by atoms with Crippen molar-refractivity contribution in [2.45, 2.75) is 13.0 Å². The molecule has 156 valence electrons. The van der Waals surface area contributed by atoms with Crippen LogP contribution in [0.3, 0.4) is 0 Å². The minimum absolute atomic E-state index is 0.975. The third-order valence-electron chi connectivity index (χ3n) is 5.44. The molecule has 4 aromatic carbocycles. The van der Waals surface area contributed by atoms with Gasteiger partial charge in [-0.05, 0) is 26.8 Å². The summed E-state index contributed by atoms with van der Waals surface area (Å²) in [5.41, 5.74) is 0. The molecule has 0 aromatic heterocycles. The zero-order chi connectivity index (χ0) is 21.4. The van der Waals surface area contributed by atoms with Crippen LogP contribution >= 0.6 is 0 Å². The van der Waals surface area contributed by atoms with E-state index in [2.05, 4.69) is 128 Å². The van der Waals surface area contributed by atoms with Crippen molar-refractivity contribution in [3.8, 4) is 0 Å². The molecule has 0 aliphatic carbocycles. The molecule has 1 atom stereocenters. The average molecular weight is 457 g/mol. The smallest absolute Gasteiger partial charge is 0.386 e. The summed E-state index contributed by atoms with van der Waals surface area (Å²) in [5.74, 6) is 0. The molecule has 0 bridgehead atoms. The summed E-state index contributed by atoms with van der Waals surface area (Å²) in [5, 5.41) is 5.00. The lowest BCUT2D eigenvalue weighted by atomic mass is 10.4. The average Bonchev–Trinajstić information content (AvgIpc) is 2.87. The van der Waals surface area contributed by atoms with E-state index in [9.17, 15) is 0 Å². The van der Waals surface area contributed by atoms with Gasteiger partial charge < -0.3 is 8.23 Å². The van der Waals surface area contributed by atoms with Crippen molar-refractivity contribution in [1.29, 1.82) is 0 Å². The van der Waals surface area contributed by atoms with E-state index in [4.69, 9.17) is 8.23 Å². The van der Waals surface area contributed by atoms with Gasteiger partial charge in [0.2, 0.25) is 0 Å². The maximum atomic E-state index is 7.26. The van der Waals surface area contributed by atoms with E-state index in [0.29, 0.717) is 0 Å². The number of rotatable bonds is 9. The Kier molecular flexibility index (Phi) is 7.45. The van der Waals surface area contributed by atoms with Gasteiger partial charge in [0.05, 0.1) is 0 Å². The van der Waals surface area contributed by atoms with E-state index < -0.39 is 27.4 Å². The van der Waals surface area contributed by atoms with E-state index in [0.717, 1.165) is 6.04 Å². The number of benzene rings is 4. The minimum atomic E-state index is -2.87. The second kappa shape index (κ2) is 10.7. The first kappa shape index (κ1) is 21.7. The van der Waals surface area contributed by atoms with Gasteiger partial charge in [0, 0.05) is 0 Å². The first-order chi connectivity index (χ1) is 15.3. The molecule has 0 saturated carbocycles. The molecule has 0 radical (unpaired) electrons. The van der Waals surface area contributed by atoms with E-state index in [1.807, 2.05) is 0 Å². The lowest BCUT2D eigenvalue weighted by molar-refractivity contribution is 0.444. The standard InChI is InChI=1S/C26H28O2Si3/c1-2-30(24-17-9-4-10-18-24)28-31(25-19-11-5-12-20-25,26-21-13-6-14-22-26)27-29-23-15-7-3-8-16-23/h3-22,30H,2,29H2,1H3. The first-order valence-electron chi connectivity index (χ1n) is 10.8. The molecular formula is C26H28O2Si3. The predicted molar refractivity (Wildman–Crippen MR) is 138 cm³/mol. The van der Waals surface area contributed by atoms with Gasteiger partial charge in [0.25, 0.3) is 0 Å². The summed E-state index contributed by atoms with van der Waals surface area (Å²) in [6.45, 7) is 2.24. The van der Waals surface area contributed by atoms with Gasteiger partial charge in [0.1, 0.15) is 0 Å². The monoisotopic (exact) mass is 456 g/mol. The summed E-state index contributed by atoms with van der Waals surface area (Å²) in [4.78, 5) is 0. The zero-order valence-electron chi connectivity index (χ0n) is 17.9. The Labute approximate surface area is 190 Å². The van der Waals surface area contributed by atoms with Crippen molar-refractivity contribution < 1.29 is 8.23 Å². The van der Waals surface area contributed by atoms with Crippen LogP contribution in [-0.2, 0) is 8.23 Å². The van der Waals surface area contributed by atoms with Gasteiger partial charge in [-0.2, -0.15) is 0 Å². The summed E-state index contributed by atoms with van der Waals surface area (Å²) in [6.07, 6.45) is 0. The summed E-state index contributed by atoms with van der Waals surface area (Å²) >= 11 is 0. The molecular weight excluding hydrogens is 429 g/mol. The zero-order valence-corrected chi connectivity index (χ0v) is 21.4. The molecule has 5 heteroatoms. The van der Waals surface area contributed by atoms with Gasteiger partial charge >= 0.3 is 8.56 Å². The molecule has 4 aromatic rings. The lowest BCUT2D eigenvalue weighted by Crippen LogP contribution is -2.67.